The van der Waals surface area contributed by atoms with E-state index in [0.29, 0.717) is 0 Å². The van der Waals surface area contributed by atoms with Crippen LogP contribution in [-0.4, -0.2) is 11.0 Å². The van der Waals surface area contributed by atoms with Crippen LogP contribution in [0.4, 0.5) is 0 Å². The average molecular weight is 246 g/mol. The summed E-state index contributed by atoms with van der Waals surface area (Å²) in [5, 5.41) is 4.84. The van der Waals surface area contributed by atoms with E-state index in [1.807, 2.05) is 11.3 Å². The molecule has 0 unspecified atom stereocenters. The molecule has 1 saturated carbocycles. The fraction of sp³-hybridized carbons (Fsp3) is 0.500. The minimum Gasteiger partial charge on any atom is -0.308 e. The summed E-state index contributed by atoms with van der Waals surface area (Å²) in [6, 6.07) is 7.21. The number of benzene rings is 1. The highest BCUT2D eigenvalue weighted by Crippen LogP contribution is 2.24. The smallest absolute Gasteiger partial charge is 0.108 e. The standard InChI is InChI=1S/C14H18N2S/c1-10-6-7-12-13(8-10)17-14(16-12)9-15-11-4-2-3-5-11/h6-8,11,15H,2-5,9H2,1H3. The van der Waals surface area contributed by atoms with E-state index in [4.69, 9.17) is 0 Å². The van der Waals surface area contributed by atoms with Crippen LogP contribution in [0.3, 0.4) is 0 Å². The van der Waals surface area contributed by atoms with Gasteiger partial charge >= 0.3 is 0 Å². The summed E-state index contributed by atoms with van der Waals surface area (Å²) >= 11 is 1.82. The van der Waals surface area contributed by atoms with Crippen LogP contribution in [0.25, 0.3) is 10.2 Å². The third-order valence-electron chi connectivity index (χ3n) is 3.49. The molecule has 3 rings (SSSR count). The van der Waals surface area contributed by atoms with Gasteiger partial charge in [-0.3, -0.25) is 0 Å². The van der Waals surface area contributed by atoms with Gasteiger partial charge in [0, 0.05) is 12.6 Å². The van der Waals surface area contributed by atoms with E-state index in [0.717, 1.165) is 18.1 Å². The zero-order valence-electron chi connectivity index (χ0n) is 10.2. The van der Waals surface area contributed by atoms with Crippen LogP contribution in [0.1, 0.15) is 36.3 Å². The predicted molar refractivity (Wildman–Crippen MR) is 73.5 cm³/mol. The average Bonchev–Trinajstić information content (AvgIpc) is 2.94. The van der Waals surface area contributed by atoms with Gasteiger partial charge in [-0.25, -0.2) is 4.98 Å². The van der Waals surface area contributed by atoms with Crippen LogP contribution in [0.2, 0.25) is 0 Å². The van der Waals surface area contributed by atoms with E-state index in [1.165, 1.54) is 41.0 Å². The van der Waals surface area contributed by atoms with Crippen molar-refractivity contribution in [2.24, 2.45) is 0 Å². The van der Waals surface area contributed by atoms with Gasteiger partial charge in [-0.2, -0.15) is 0 Å². The van der Waals surface area contributed by atoms with Gasteiger partial charge in [-0.05, 0) is 37.5 Å². The van der Waals surface area contributed by atoms with Crippen LogP contribution in [0.15, 0.2) is 18.2 Å². The SMILES string of the molecule is Cc1ccc2nc(CNC3CCCC3)sc2c1. The van der Waals surface area contributed by atoms with E-state index in [2.05, 4.69) is 35.4 Å². The molecule has 1 aliphatic rings. The topological polar surface area (TPSA) is 24.9 Å². The maximum absolute atomic E-state index is 4.67. The highest BCUT2D eigenvalue weighted by molar-refractivity contribution is 7.18. The Morgan fingerprint density at radius 2 is 2.18 bits per heavy atom. The minimum absolute atomic E-state index is 0.726. The van der Waals surface area contributed by atoms with Crippen LogP contribution in [-0.2, 0) is 6.54 Å². The maximum atomic E-state index is 4.67. The van der Waals surface area contributed by atoms with Gasteiger partial charge in [-0.15, -0.1) is 11.3 Å². The van der Waals surface area contributed by atoms with Crippen molar-refractivity contribution >= 4 is 21.6 Å². The van der Waals surface area contributed by atoms with Gasteiger partial charge in [0.2, 0.25) is 0 Å². The van der Waals surface area contributed by atoms with E-state index in [9.17, 15) is 0 Å². The number of aromatic nitrogens is 1. The summed E-state index contributed by atoms with van der Waals surface area (Å²) < 4.78 is 1.31. The Bertz CT molecular complexity index is 512. The lowest BCUT2D eigenvalue weighted by Gasteiger charge is -2.09. The first-order chi connectivity index (χ1) is 8.31. The van der Waals surface area contributed by atoms with Crippen molar-refractivity contribution in [3.63, 3.8) is 0 Å². The molecule has 0 saturated heterocycles. The lowest BCUT2D eigenvalue weighted by Crippen LogP contribution is -2.25. The summed E-state index contributed by atoms with van der Waals surface area (Å²) in [4.78, 5) is 4.67. The molecule has 2 nitrogen and oxygen atoms in total. The molecule has 90 valence electrons. The number of aryl methyl sites for hydroxylation is 1. The summed E-state index contributed by atoms with van der Waals surface area (Å²) in [5.41, 5.74) is 2.46. The highest BCUT2D eigenvalue weighted by Gasteiger charge is 2.14. The Kier molecular flexibility index (Phi) is 3.12. The van der Waals surface area contributed by atoms with Crippen LogP contribution in [0, 0.1) is 6.92 Å². The van der Waals surface area contributed by atoms with Crippen molar-refractivity contribution in [2.75, 3.05) is 0 Å². The maximum Gasteiger partial charge on any atom is 0.108 e. The predicted octanol–water partition coefficient (Wildman–Crippen LogP) is 3.64. The Morgan fingerprint density at radius 1 is 1.35 bits per heavy atom. The molecule has 0 bridgehead atoms. The molecule has 0 amide bonds. The molecule has 1 aromatic carbocycles. The Hall–Kier alpha value is -0.930. The molecule has 0 radical (unpaired) electrons. The zero-order chi connectivity index (χ0) is 11.7. The van der Waals surface area contributed by atoms with E-state index >= 15 is 0 Å². The van der Waals surface area contributed by atoms with Gasteiger partial charge in [0.1, 0.15) is 5.01 Å². The largest absolute Gasteiger partial charge is 0.308 e. The molecule has 3 heteroatoms. The first-order valence-electron chi connectivity index (χ1n) is 6.41. The summed E-state index contributed by atoms with van der Waals surface area (Å²) in [6.07, 6.45) is 5.45. The van der Waals surface area contributed by atoms with Crippen LogP contribution < -0.4 is 5.32 Å². The molecule has 0 atom stereocenters. The van der Waals surface area contributed by atoms with Gasteiger partial charge in [0.05, 0.1) is 10.2 Å². The second-order valence-corrected chi connectivity index (χ2v) is 6.06. The monoisotopic (exact) mass is 246 g/mol. The molecule has 17 heavy (non-hydrogen) atoms. The van der Waals surface area contributed by atoms with Crippen molar-refractivity contribution in [3.8, 4) is 0 Å². The number of hydrogen-bond donors (Lipinski definition) is 1. The van der Waals surface area contributed by atoms with Crippen molar-refractivity contribution in [1.82, 2.24) is 10.3 Å². The third-order valence-corrected chi connectivity index (χ3v) is 4.50. The number of hydrogen-bond acceptors (Lipinski definition) is 3. The second kappa shape index (κ2) is 4.75. The van der Waals surface area contributed by atoms with Gasteiger partial charge in [-0.1, -0.05) is 18.9 Å². The van der Waals surface area contributed by atoms with E-state index < -0.39 is 0 Å². The van der Waals surface area contributed by atoms with Crippen molar-refractivity contribution in [3.05, 3.63) is 28.8 Å². The number of nitrogens with one attached hydrogen (secondary N) is 1. The normalized spacial score (nSPS) is 17.0. The van der Waals surface area contributed by atoms with Crippen molar-refractivity contribution in [2.45, 2.75) is 45.2 Å². The molecule has 1 aromatic heterocycles. The quantitative estimate of drug-likeness (QED) is 0.894. The second-order valence-electron chi connectivity index (χ2n) is 4.94. The number of rotatable bonds is 3. The number of thiazole rings is 1. The van der Waals surface area contributed by atoms with E-state index in [-0.39, 0.29) is 0 Å². The Labute approximate surface area is 106 Å². The van der Waals surface area contributed by atoms with E-state index in [1.54, 1.807) is 0 Å². The molecule has 1 aliphatic carbocycles. The first-order valence-corrected chi connectivity index (χ1v) is 7.22. The molecule has 0 aliphatic heterocycles. The Balaban J connectivity index is 1.72. The van der Waals surface area contributed by atoms with Gasteiger partial charge < -0.3 is 5.32 Å². The van der Waals surface area contributed by atoms with Gasteiger partial charge in [0.15, 0.2) is 0 Å². The molecular formula is C14H18N2S. The fourth-order valence-electron chi connectivity index (χ4n) is 2.52. The third kappa shape index (κ3) is 2.50. The lowest BCUT2D eigenvalue weighted by molar-refractivity contribution is 0.523. The molecule has 0 spiro atoms. The van der Waals surface area contributed by atoms with Crippen molar-refractivity contribution < 1.29 is 0 Å². The first kappa shape index (κ1) is 11.2. The zero-order valence-corrected chi connectivity index (χ0v) is 11.0. The van der Waals surface area contributed by atoms with Crippen molar-refractivity contribution in [1.29, 1.82) is 0 Å². The molecule has 2 aromatic rings. The fourth-order valence-corrected chi connectivity index (χ4v) is 3.53. The number of fused-ring (bicyclic) bond motifs is 1. The summed E-state index contributed by atoms with van der Waals surface area (Å²) in [7, 11) is 0. The van der Waals surface area contributed by atoms with Gasteiger partial charge in [0.25, 0.3) is 0 Å². The molecule has 1 heterocycles. The summed E-state index contributed by atoms with van der Waals surface area (Å²) in [6.45, 7) is 3.07. The van der Waals surface area contributed by atoms with Crippen LogP contribution in [0.5, 0.6) is 0 Å². The number of nitrogens with zero attached hydrogens (tertiary/aromatic N) is 1. The lowest BCUT2D eigenvalue weighted by atomic mass is 10.2. The molecule has 1 fully saturated rings. The molecule has 1 N–H and O–H groups in total. The minimum atomic E-state index is 0.726. The Morgan fingerprint density at radius 3 is 3.00 bits per heavy atom. The highest BCUT2D eigenvalue weighted by atomic mass is 32.1. The van der Waals surface area contributed by atoms with Crippen LogP contribution >= 0.6 is 11.3 Å². The summed E-state index contributed by atoms with van der Waals surface area (Å²) in [5.74, 6) is 0. The molecular weight excluding hydrogens is 228 g/mol.